The molecule has 4 heteroatoms. The van der Waals surface area contributed by atoms with Crippen LogP contribution >= 0.6 is 11.8 Å². The first-order chi connectivity index (χ1) is 6.14. The molecule has 0 aliphatic heterocycles. The van der Waals surface area contributed by atoms with Crippen LogP contribution < -0.4 is 5.32 Å². The van der Waals surface area contributed by atoms with Crippen LogP contribution in [0.3, 0.4) is 0 Å². The van der Waals surface area contributed by atoms with Crippen LogP contribution in [0.1, 0.15) is 13.8 Å². The van der Waals surface area contributed by atoms with Gasteiger partial charge in [0.15, 0.2) is 0 Å². The fraction of sp³-hybridized carbons (Fsp3) is 0.556. The van der Waals surface area contributed by atoms with E-state index in [1.54, 1.807) is 18.6 Å². The summed E-state index contributed by atoms with van der Waals surface area (Å²) in [6.07, 6.45) is 7.20. The first-order valence-electron chi connectivity index (χ1n) is 4.19. The van der Waals surface area contributed by atoms with Crippen LogP contribution in [0.2, 0.25) is 0 Å². The van der Waals surface area contributed by atoms with Gasteiger partial charge in [0, 0.05) is 23.7 Å². The summed E-state index contributed by atoms with van der Waals surface area (Å²) >= 11 is 1.84. The Morgan fingerprint density at radius 1 is 1.46 bits per heavy atom. The Kier molecular flexibility index (Phi) is 3.54. The minimum absolute atomic E-state index is 0.234. The molecule has 0 aliphatic rings. The number of hydrogen-bond donors (Lipinski definition) is 1. The molecule has 0 spiro atoms. The molecule has 0 amide bonds. The maximum Gasteiger partial charge on any atom is 0.144 e. The summed E-state index contributed by atoms with van der Waals surface area (Å²) in [5.74, 6) is 0.838. The second-order valence-corrected chi connectivity index (χ2v) is 4.92. The average molecular weight is 197 g/mol. The molecule has 0 unspecified atom stereocenters. The standard InChI is InChI=1S/C9H15N3S/c1-9(2,13-3)7-12-8-6-10-4-5-11-8/h4-6H,7H2,1-3H3,(H,11,12). The fourth-order valence-corrected chi connectivity index (χ4v) is 0.982. The molecular weight excluding hydrogens is 182 g/mol. The van der Waals surface area contributed by atoms with E-state index in [4.69, 9.17) is 0 Å². The summed E-state index contributed by atoms with van der Waals surface area (Å²) in [5.41, 5.74) is 0. The minimum Gasteiger partial charge on any atom is -0.367 e. The van der Waals surface area contributed by atoms with Crippen LogP contribution in [-0.2, 0) is 0 Å². The lowest BCUT2D eigenvalue weighted by molar-refractivity contribution is 0.749. The molecule has 0 saturated carbocycles. The monoisotopic (exact) mass is 197 g/mol. The van der Waals surface area contributed by atoms with Crippen molar-refractivity contribution in [1.29, 1.82) is 0 Å². The third kappa shape index (κ3) is 3.63. The number of thioether (sulfide) groups is 1. The highest BCUT2D eigenvalue weighted by molar-refractivity contribution is 7.99. The van der Waals surface area contributed by atoms with Gasteiger partial charge in [0.2, 0.25) is 0 Å². The van der Waals surface area contributed by atoms with E-state index in [0.29, 0.717) is 0 Å². The van der Waals surface area contributed by atoms with Gasteiger partial charge in [-0.2, -0.15) is 11.8 Å². The van der Waals surface area contributed by atoms with Gasteiger partial charge in [-0.25, -0.2) is 4.98 Å². The molecule has 0 atom stereocenters. The van der Waals surface area contributed by atoms with E-state index in [0.717, 1.165) is 12.4 Å². The average Bonchev–Trinajstić information content (AvgIpc) is 2.17. The summed E-state index contributed by atoms with van der Waals surface area (Å²) in [6, 6.07) is 0. The van der Waals surface area contributed by atoms with Crippen molar-refractivity contribution in [1.82, 2.24) is 9.97 Å². The zero-order chi connectivity index (χ0) is 9.73. The summed E-state index contributed by atoms with van der Waals surface area (Å²) in [7, 11) is 0. The van der Waals surface area contributed by atoms with E-state index < -0.39 is 0 Å². The van der Waals surface area contributed by atoms with Crippen molar-refractivity contribution in [3.05, 3.63) is 18.6 Å². The van der Waals surface area contributed by atoms with Gasteiger partial charge in [0.05, 0.1) is 6.20 Å². The Bertz CT molecular complexity index is 248. The first-order valence-corrected chi connectivity index (χ1v) is 5.41. The third-order valence-corrected chi connectivity index (χ3v) is 3.06. The number of aromatic nitrogens is 2. The maximum atomic E-state index is 4.13. The fourth-order valence-electron chi connectivity index (χ4n) is 0.766. The van der Waals surface area contributed by atoms with E-state index >= 15 is 0 Å². The van der Waals surface area contributed by atoms with E-state index in [1.165, 1.54) is 0 Å². The molecule has 1 heterocycles. The van der Waals surface area contributed by atoms with Gasteiger partial charge in [-0.05, 0) is 20.1 Å². The smallest absolute Gasteiger partial charge is 0.144 e. The van der Waals surface area contributed by atoms with Crippen LogP contribution in [0.4, 0.5) is 5.82 Å². The van der Waals surface area contributed by atoms with Crippen LogP contribution in [0.25, 0.3) is 0 Å². The third-order valence-electron chi connectivity index (χ3n) is 1.81. The number of rotatable bonds is 4. The van der Waals surface area contributed by atoms with Crippen molar-refractivity contribution in [2.45, 2.75) is 18.6 Å². The molecule has 0 aromatic carbocycles. The Morgan fingerprint density at radius 2 is 2.23 bits per heavy atom. The highest BCUT2D eigenvalue weighted by Gasteiger charge is 2.15. The van der Waals surface area contributed by atoms with Gasteiger partial charge in [-0.15, -0.1) is 0 Å². The van der Waals surface area contributed by atoms with Crippen LogP contribution in [0.15, 0.2) is 18.6 Å². The van der Waals surface area contributed by atoms with E-state index in [2.05, 4.69) is 35.4 Å². The Hall–Kier alpha value is -0.770. The lowest BCUT2D eigenvalue weighted by Gasteiger charge is -2.22. The minimum atomic E-state index is 0.234. The lowest BCUT2D eigenvalue weighted by Crippen LogP contribution is -2.26. The molecule has 1 N–H and O–H groups in total. The predicted molar refractivity (Wildman–Crippen MR) is 58.1 cm³/mol. The van der Waals surface area contributed by atoms with E-state index in [1.807, 2.05) is 11.8 Å². The molecule has 1 aromatic heterocycles. The molecule has 0 radical (unpaired) electrons. The predicted octanol–water partition coefficient (Wildman–Crippen LogP) is 2.03. The molecule has 1 aromatic rings. The van der Waals surface area contributed by atoms with Gasteiger partial charge in [-0.1, -0.05) is 0 Å². The second-order valence-electron chi connectivity index (χ2n) is 3.41. The normalized spacial score (nSPS) is 11.3. The summed E-state index contributed by atoms with van der Waals surface area (Å²) in [4.78, 5) is 8.11. The largest absolute Gasteiger partial charge is 0.367 e. The molecule has 0 bridgehead atoms. The van der Waals surface area contributed by atoms with Crippen LogP contribution in [-0.4, -0.2) is 27.5 Å². The molecule has 3 nitrogen and oxygen atoms in total. The number of nitrogens with zero attached hydrogens (tertiary/aromatic N) is 2. The van der Waals surface area contributed by atoms with Gasteiger partial charge < -0.3 is 5.32 Å². The van der Waals surface area contributed by atoms with Crippen molar-refractivity contribution in [3.63, 3.8) is 0 Å². The van der Waals surface area contributed by atoms with E-state index in [-0.39, 0.29) is 4.75 Å². The number of anilines is 1. The molecule has 0 fully saturated rings. The van der Waals surface area contributed by atoms with E-state index in [9.17, 15) is 0 Å². The molecule has 1 rings (SSSR count). The maximum absolute atomic E-state index is 4.13. The van der Waals surface area contributed by atoms with Gasteiger partial charge >= 0.3 is 0 Å². The molecule has 0 aliphatic carbocycles. The highest BCUT2D eigenvalue weighted by atomic mass is 32.2. The summed E-state index contributed by atoms with van der Waals surface area (Å²) in [5, 5.41) is 3.24. The number of nitrogens with one attached hydrogen (secondary N) is 1. The molecular formula is C9H15N3S. The molecule has 0 saturated heterocycles. The van der Waals surface area contributed by atoms with Gasteiger partial charge in [0.1, 0.15) is 5.82 Å². The molecule has 13 heavy (non-hydrogen) atoms. The zero-order valence-corrected chi connectivity index (χ0v) is 9.06. The summed E-state index contributed by atoms with van der Waals surface area (Å²) < 4.78 is 0.234. The highest BCUT2D eigenvalue weighted by Crippen LogP contribution is 2.20. The van der Waals surface area contributed by atoms with Gasteiger partial charge in [-0.3, -0.25) is 4.98 Å². The quantitative estimate of drug-likeness (QED) is 0.801. The topological polar surface area (TPSA) is 37.8 Å². The second kappa shape index (κ2) is 4.46. The van der Waals surface area contributed by atoms with Crippen molar-refractivity contribution in [2.24, 2.45) is 0 Å². The Morgan fingerprint density at radius 3 is 2.77 bits per heavy atom. The zero-order valence-electron chi connectivity index (χ0n) is 8.24. The van der Waals surface area contributed by atoms with Crippen LogP contribution in [0, 0.1) is 0 Å². The van der Waals surface area contributed by atoms with Crippen LogP contribution in [0.5, 0.6) is 0 Å². The van der Waals surface area contributed by atoms with Crippen molar-refractivity contribution in [2.75, 3.05) is 18.1 Å². The van der Waals surface area contributed by atoms with Crippen molar-refractivity contribution in [3.8, 4) is 0 Å². The number of hydrogen-bond acceptors (Lipinski definition) is 4. The van der Waals surface area contributed by atoms with Crippen molar-refractivity contribution < 1.29 is 0 Å². The Labute approximate surface area is 83.4 Å². The van der Waals surface area contributed by atoms with Crippen molar-refractivity contribution >= 4 is 17.6 Å². The summed E-state index contributed by atoms with van der Waals surface area (Å²) in [6.45, 7) is 5.29. The van der Waals surface area contributed by atoms with Gasteiger partial charge in [0.25, 0.3) is 0 Å². The molecule has 72 valence electrons. The first kappa shape index (κ1) is 10.3. The lowest BCUT2D eigenvalue weighted by atomic mass is 10.2. The SMILES string of the molecule is CSC(C)(C)CNc1cnccn1. The Balaban J connectivity index is 2.44.